The smallest absolute Gasteiger partial charge is 0.490 e. The molecule has 0 N–H and O–H groups in total. The predicted molar refractivity (Wildman–Crippen MR) is 99.2 cm³/mol. The summed E-state index contributed by atoms with van der Waals surface area (Å²) in [5.74, 6) is 0.738. The van der Waals surface area contributed by atoms with Crippen LogP contribution in [0.3, 0.4) is 0 Å². The van der Waals surface area contributed by atoms with Crippen LogP contribution in [0.1, 0.15) is 34.3 Å². The zero-order chi connectivity index (χ0) is 20.4. The Bertz CT molecular complexity index is 952. The van der Waals surface area contributed by atoms with E-state index in [0.29, 0.717) is 42.5 Å². The maximum Gasteiger partial charge on any atom is 0.573 e. The van der Waals surface area contributed by atoms with E-state index in [9.17, 15) is 18.0 Å². The second kappa shape index (κ2) is 7.77. The molecule has 8 heteroatoms. The van der Waals surface area contributed by atoms with Crippen molar-refractivity contribution in [1.82, 2.24) is 0 Å². The van der Waals surface area contributed by atoms with Gasteiger partial charge < -0.3 is 14.2 Å². The lowest BCUT2D eigenvalue weighted by atomic mass is 9.92. The molecule has 2 aliphatic rings. The summed E-state index contributed by atoms with van der Waals surface area (Å²) in [6.07, 6.45) is -3.18. The minimum atomic E-state index is -4.77. The van der Waals surface area contributed by atoms with Gasteiger partial charge in [0.05, 0.1) is 25.3 Å². The molecule has 0 radical (unpaired) electrons. The lowest BCUT2D eigenvalue weighted by Gasteiger charge is -2.19. The average Bonchev–Trinajstić information content (AvgIpc) is 2.91. The van der Waals surface area contributed by atoms with Gasteiger partial charge in [0.2, 0.25) is 0 Å². The summed E-state index contributed by atoms with van der Waals surface area (Å²) in [4.78, 5) is 17.2. The van der Waals surface area contributed by atoms with E-state index in [1.807, 2.05) is 12.1 Å². The maximum atomic E-state index is 12.7. The fourth-order valence-corrected chi connectivity index (χ4v) is 3.37. The second-order valence-corrected chi connectivity index (χ2v) is 6.76. The highest BCUT2D eigenvalue weighted by atomic mass is 19.4. The number of carbonyl (C=O) groups is 1. The van der Waals surface area contributed by atoms with Crippen LogP contribution >= 0.6 is 0 Å². The number of ketones is 1. The molecule has 0 saturated carbocycles. The third-order valence-corrected chi connectivity index (χ3v) is 4.71. The molecule has 5 nitrogen and oxygen atoms in total. The van der Waals surface area contributed by atoms with Gasteiger partial charge in [-0.2, -0.15) is 0 Å². The molecule has 0 amide bonds. The van der Waals surface area contributed by atoms with Crippen LogP contribution in [0.5, 0.6) is 17.2 Å². The number of ether oxygens (including phenoxy) is 3. The molecule has 152 valence electrons. The molecular weight excluding hydrogens is 387 g/mol. The number of hydrogen-bond donors (Lipinski definition) is 0. The normalized spacial score (nSPS) is 15.8. The van der Waals surface area contributed by atoms with Crippen molar-refractivity contribution >= 4 is 11.5 Å². The van der Waals surface area contributed by atoms with Crippen molar-refractivity contribution in [3.63, 3.8) is 0 Å². The van der Waals surface area contributed by atoms with Gasteiger partial charge >= 0.3 is 6.36 Å². The maximum absolute atomic E-state index is 12.7. The number of nitrogens with zero attached hydrogens (tertiary/aromatic N) is 1. The van der Waals surface area contributed by atoms with Crippen LogP contribution < -0.4 is 14.2 Å². The summed E-state index contributed by atoms with van der Waals surface area (Å²) in [6, 6.07) is 8.70. The van der Waals surface area contributed by atoms with Gasteiger partial charge in [-0.15, -0.1) is 13.2 Å². The van der Waals surface area contributed by atoms with Crippen molar-refractivity contribution in [2.75, 3.05) is 19.8 Å². The quantitative estimate of drug-likeness (QED) is 0.709. The Kier molecular flexibility index (Phi) is 5.17. The first kappa shape index (κ1) is 19.3. The largest absolute Gasteiger partial charge is 0.573 e. The van der Waals surface area contributed by atoms with E-state index in [2.05, 4.69) is 9.73 Å². The summed E-state index contributed by atoms with van der Waals surface area (Å²) in [5.41, 5.74) is 2.83. The van der Waals surface area contributed by atoms with Gasteiger partial charge in [-0.05, 0) is 48.4 Å². The molecular formula is C21H18F3NO4. The van der Waals surface area contributed by atoms with E-state index < -0.39 is 6.36 Å². The molecule has 0 unspecified atom stereocenters. The molecule has 29 heavy (non-hydrogen) atoms. The molecule has 2 heterocycles. The molecule has 0 bridgehead atoms. The summed E-state index contributed by atoms with van der Waals surface area (Å²) < 4.78 is 52.1. The van der Waals surface area contributed by atoms with E-state index in [1.165, 1.54) is 12.1 Å². The van der Waals surface area contributed by atoms with Crippen molar-refractivity contribution in [3.8, 4) is 17.2 Å². The third kappa shape index (κ3) is 4.52. The Labute approximate surface area is 165 Å². The Morgan fingerprint density at radius 2 is 1.76 bits per heavy atom. The number of halogens is 3. The van der Waals surface area contributed by atoms with Gasteiger partial charge in [0.1, 0.15) is 5.75 Å². The number of aliphatic imine (C=N–C) groups is 1. The monoisotopic (exact) mass is 405 g/mol. The number of fused-ring (bicyclic) bond motifs is 2. The standard InChI is InChI=1S/C21H18F3NO4/c22-21(23,24)29-15-4-2-13(3-5-15)18(26)12-17-16-11-20-19(27-8-1-9-28-20)10-14(16)6-7-25-17/h2-5,10-11H,1,6-9,12H2. The molecule has 2 aliphatic heterocycles. The average molecular weight is 405 g/mol. The van der Waals surface area contributed by atoms with Crippen molar-refractivity contribution in [1.29, 1.82) is 0 Å². The van der Waals surface area contributed by atoms with Crippen LogP contribution in [-0.2, 0) is 6.42 Å². The highest BCUT2D eigenvalue weighted by Crippen LogP contribution is 2.35. The van der Waals surface area contributed by atoms with Crippen LogP contribution in [0, 0.1) is 0 Å². The molecule has 2 aromatic rings. The first-order valence-electron chi connectivity index (χ1n) is 9.24. The molecule has 0 fully saturated rings. The number of hydrogen-bond acceptors (Lipinski definition) is 5. The number of carbonyl (C=O) groups excluding carboxylic acids is 1. The van der Waals surface area contributed by atoms with Crippen LogP contribution in [-0.4, -0.2) is 37.6 Å². The highest BCUT2D eigenvalue weighted by molar-refractivity contribution is 6.16. The summed E-state index contributed by atoms with van der Waals surface area (Å²) in [6.45, 7) is 1.72. The molecule has 0 atom stereocenters. The Morgan fingerprint density at radius 3 is 2.45 bits per heavy atom. The fourth-order valence-electron chi connectivity index (χ4n) is 3.37. The second-order valence-electron chi connectivity index (χ2n) is 6.76. The fraction of sp³-hybridized carbons (Fsp3) is 0.333. The summed E-state index contributed by atoms with van der Waals surface area (Å²) >= 11 is 0. The van der Waals surface area contributed by atoms with Crippen LogP contribution in [0.25, 0.3) is 0 Å². The van der Waals surface area contributed by atoms with Crippen LogP contribution in [0.4, 0.5) is 13.2 Å². The van der Waals surface area contributed by atoms with Crippen molar-refractivity contribution < 1.29 is 32.2 Å². The van der Waals surface area contributed by atoms with Crippen molar-refractivity contribution in [2.24, 2.45) is 4.99 Å². The zero-order valence-corrected chi connectivity index (χ0v) is 15.4. The number of benzene rings is 2. The minimum Gasteiger partial charge on any atom is -0.490 e. The number of alkyl halides is 3. The number of rotatable bonds is 4. The molecule has 2 aromatic carbocycles. The van der Waals surface area contributed by atoms with Gasteiger partial charge in [-0.1, -0.05) is 0 Å². The summed E-state index contributed by atoms with van der Waals surface area (Å²) in [7, 11) is 0. The van der Waals surface area contributed by atoms with E-state index >= 15 is 0 Å². The highest BCUT2D eigenvalue weighted by Gasteiger charge is 2.31. The molecule has 4 rings (SSSR count). The van der Waals surface area contributed by atoms with E-state index in [-0.39, 0.29) is 18.0 Å². The molecule has 0 saturated heterocycles. The summed E-state index contributed by atoms with van der Waals surface area (Å²) in [5, 5.41) is 0. The molecule has 0 aromatic heterocycles. The Hall–Kier alpha value is -3.03. The predicted octanol–water partition coefficient (Wildman–Crippen LogP) is 4.36. The van der Waals surface area contributed by atoms with Gasteiger partial charge in [-0.3, -0.25) is 9.79 Å². The minimum absolute atomic E-state index is 0.0477. The van der Waals surface area contributed by atoms with Crippen molar-refractivity contribution in [3.05, 3.63) is 53.1 Å². The van der Waals surface area contributed by atoms with Gasteiger partial charge in [-0.25, -0.2) is 0 Å². The molecule has 0 spiro atoms. The molecule has 0 aliphatic carbocycles. The first-order valence-corrected chi connectivity index (χ1v) is 9.24. The van der Waals surface area contributed by atoms with Gasteiger partial charge in [0, 0.05) is 24.1 Å². The Morgan fingerprint density at radius 1 is 1.07 bits per heavy atom. The topological polar surface area (TPSA) is 57.1 Å². The number of Topliss-reactive ketones (excluding diaryl/α,β-unsaturated/α-hetero) is 1. The van der Waals surface area contributed by atoms with E-state index in [0.717, 1.165) is 36.1 Å². The van der Waals surface area contributed by atoms with Crippen LogP contribution in [0.15, 0.2) is 41.4 Å². The van der Waals surface area contributed by atoms with Crippen LogP contribution in [0.2, 0.25) is 0 Å². The SMILES string of the molecule is O=C(CC1=NCCc2cc3c(cc21)OCCCO3)c1ccc(OC(F)(F)F)cc1. The zero-order valence-electron chi connectivity index (χ0n) is 15.4. The van der Waals surface area contributed by atoms with Gasteiger partial charge in [0.25, 0.3) is 0 Å². The van der Waals surface area contributed by atoms with E-state index in [4.69, 9.17) is 9.47 Å². The third-order valence-electron chi connectivity index (χ3n) is 4.71. The lowest BCUT2D eigenvalue weighted by molar-refractivity contribution is -0.274. The first-order chi connectivity index (χ1) is 13.9. The van der Waals surface area contributed by atoms with Gasteiger partial charge in [0.15, 0.2) is 17.3 Å². The van der Waals surface area contributed by atoms with Crippen molar-refractivity contribution in [2.45, 2.75) is 25.6 Å². The Balaban J connectivity index is 1.52. The van der Waals surface area contributed by atoms with E-state index in [1.54, 1.807) is 0 Å². The lowest BCUT2D eigenvalue weighted by Crippen LogP contribution is -2.18.